The number of aryl methyl sites for hydroxylation is 1. The zero-order valence-electron chi connectivity index (χ0n) is 26.2. The fraction of sp³-hybridized carbons (Fsp3) is 0.639. The van der Waals surface area contributed by atoms with Gasteiger partial charge in [0.05, 0.1) is 39.8 Å². The van der Waals surface area contributed by atoms with E-state index in [2.05, 4.69) is 69.6 Å². The van der Waals surface area contributed by atoms with Crippen molar-refractivity contribution in [1.29, 1.82) is 0 Å². The molecule has 0 aliphatic rings. The van der Waals surface area contributed by atoms with Crippen LogP contribution in [0.4, 0.5) is 0 Å². The van der Waals surface area contributed by atoms with Gasteiger partial charge in [-0.1, -0.05) is 114 Å². The first kappa shape index (κ1) is 33.9. The van der Waals surface area contributed by atoms with E-state index in [1.165, 1.54) is 75.3 Å². The Labute approximate surface area is 246 Å². The Morgan fingerprint density at radius 3 is 1.98 bits per heavy atom. The summed E-state index contributed by atoms with van der Waals surface area (Å²) >= 11 is 0. The number of unbranched alkanes of at least 4 members (excludes halogenated alkanes) is 10. The lowest BCUT2D eigenvalue weighted by molar-refractivity contribution is -0.904. The molecule has 0 fully saturated rings. The molecule has 224 valence electrons. The number of hydrogen-bond acceptors (Lipinski definition) is 3. The van der Waals surface area contributed by atoms with E-state index in [0.717, 1.165) is 49.0 Å². The molecule has 4 heteroatoms. The van der Waals surface area contributed by atoms with Gasteiger partial charge in [0.2, 0.25) is 0 Å². The monoisotopic (exact) mass is 552 g/mol. The van der Waals surface area contributed by atoms with Gasteiger partial charge in [-0.15, -0.1) is 0 Å². The third-order valence-electron chi connectivity index (χ3n) is 7.82. The third-order valence-corrected chi connectivity index (χ3v) is 7.82. The molecule has 2 aromatic carbocycles. The lowest BCUT2D eigenvalue weighted by Gasteiger charge is -2.30. The van der Waals surface area contributed by atoms with Gasteiger partial charge in [-0.2, -0.15) is 0 Å². The maximum absolute atomic E-state index is 12.4. The zero-order chi connectivity index (χ0) is 28.9. The number of nitrogens with zero attached hydrogens (tertiary/aromatic N) is 1. The second kappa shape index (κ2) is 20.5. The average molecular weight is 553 g/mol. The van der Waals surface area contributed by atoms with Crippen LogP contribution in [0.3, 0.4) is 0 Å². The minimum atomic E-state index is -0.0846. The average Bonchev–Trinajstić information content (AvgIpc) is 2.95. The van der Waals surface area contributed by atoms with Crippen LogP contribution in [-0.2, 0) is 22.5 Å². The van der Waals surface area contributed by atoms with Crippen molar-refractivity contribution in [1.82, 2.24) is 0 Å². The van der Waals surface area contributed by atoms with Gasteiger partial charge in [-0.05, 0) is 43.4 Å². The van der Waals surface area contributed by atoms with Crippen LogP contribution >= 0.6 is 0 Å². The van der Waals surface area contributed by atoms with Gasteiger partial charge in [-0.25, -0.2) is 0 Å². The van der Waals surface area contributed by atoms with Crippen LogP contribution in [0.2, 0.25) is 0 Å². The Balaban J connectivity index is 1.47. The number of rotatable bonds is 23. The largest absolute Gasteiger partial charge is 0.494 e. The normalized spacial score (nSPS) is 12.3. The Bertz CT molecular complexity index is 894. The predicted molar refractivity (Wildman–Crippen MR) is 169 cm³/mol. The molecular weight excluding hydrogens is 494 g/mol. The van der Waals surface area contributed by atoms with Crippen molar-refractivity contribution in [3.8, 4) is 5.75 Å². The predicted octanol–water partition coefficient (Wildman–Crippen LogP) is 9.16. The molecule has 1 atom stereocenters. The van der Waals surface area contributed by atoms with Crippen LogP contribution in [0.25, 0.3) is 0 Å². The summed E-state index contributed by atoms with van der Waals surface area (Å²) < 4.78 is 12.3. The quantitative estimate of drug-likeness (QED) is 0.0783. The van der Waals surface area contributed by atoms with Crippen molar-refractivity contribution in [2.75, 3.05) is 33.9 Å². The minimum Gasteiger partial charge on any atom is -0.494 e. The van der Waals surface area contributed by atoms with E-state index in [1.54, 1.807) is 0 Å². The van der Waals surface area contributed by atoms with Crippen molar-refractivity contribution in [3.63, 3.8) is 0 Å². The van der Waals surface area contributed by atoms with Crippen molar-refractivity contribution in [2.24, 2.45) is 5.92 Å². The van der Waals surface area contributed by atoms with Crippen LogP contribution in [-0.4, -0.2) is 44.3 Å². The molecule has 40 heavy (non-hydrogen) atoms. The van der Waals surface area contributed by atoms with E-state index < -0.39 is 0 Å². The van der Waals surface area contributed by atoms with Gasteiger partial charge < -0.3 is 14.0 Å². The van der Waals surface area contributed by atoms with Gasteiger partial charge in [-0.3, -0.25) is 4.79 Å². The van der Waals surface area contributed by atoms with Gasteiger partial charge >= 0.3 is 5.97 Å². The molecule has 0 aliphatic carbocycles. The summed E-state index contributed by atoms with van der Waals surface area (Å²) in [6.07, 6.45) is 17.5. The fourth-order valence-electron chi connectivity index (χ4n) is 5.10. The minimum absolute atomic E-state index is 0.0803. The summed E-state index contributed by atoms with van der Waals surface area (Å²) in [5.41, 5.74) is 2.72. The number of quaternary nitrogens is 1. The maximum Gasteiger partial charge on any atom is 0.308 e. The fourth-order valence-corrected chi connectivity index (χ4v) is 5.10. The third kappa shape index (κ3) is 16.1. The van der Waals surface area contributed by atoms with Gasteiger partial charge in [0.15, 0.2) is 0 Å². The smallest absolute Gasteiger partial charge is 0.308 e. The molecule has 2 aromatic rings. The van der Waals surface area contributed by atoms with Crippen LogP contribution < -0.4 is 4.74 Å². The van der Waals surface area contributed by atoms with Crippen LogP contribution in [0.15, 0.2) is 54.6 Å². The van der Waals surface area contributed by atoms with Gasteiger partial charge in [0.25, 0.3) is 0 Å². The first-order chi connectivity index (χ1) is 19.4. The Kier molecular flexibility index (Phi) is 17.4. The molecule has 4 nitrogen and oxygen atoms in total. The summed E-state index contributed by atoms with van der Waals surface area (Å²) in [7, 11) is 4.44. The first-order valence-corrected chi connectivity index (χ1v) is 16.1. The molecule has 0 saturated carbocycles. The molecule has 0 aromatic heterocycles. The van der Waals surface area contributed by atoms with E-state index in [4.69, 9.17) is 9.47 Å². The maximum atomic E-state index is 12.4. The number of ether oxygens (including phenoxy) is 2. The van der Waals surface area contributed by atoms with E-state index in [1.807, 2.05) is 13.0 Å². The van der Waals surface area contributed by atoms with E-state index >= 15 is 0 Å². The molecular formula is C36H58NO3+. The van der Waals surface area contributed by atoms with E-state index in [-0.39, 0.29) is 11.9 Å². The Morgan fingerprint density at radius 2 is 1.32 bits per heavy atom. The number of hydrogen-bond donors (Lipinski definition) is 0. The number of benzene rings is 2. The Morgan fingerprint density at radius 1 is 0.725 bits per heavy atom. The molecule has 0 heterocycles. The molecule has 0 amide bonds. The summed E-state index contributed by atoms with van der Waals surface area (Å²) in [5.74, 6) is 0.760. The lowest BCUT2D eigenvalue weighted by atomic mass is 10.0. The highest BCUT2D eigenvalue weighted by Gasteiger charge is 2.21. The highest BCUT2D eigenvalue weighted by molar-refractivity contribution is 5.71. The van der Waals surface area contributed by atoms with Gasteiger partial charge in [0.1, 0.15) is 12.3 Å². The van der Waals surface area contributed by atoms with Crippen LogP contribution in [0.1, 0.15) is 108 Å². The van der Waals surface area contributed by atoms with Crippen molar-refractivity contribution < 1.29 is 18.8 Å². The molecule has 0 saturated heterocycles. The topological polar surface area (TPSA) is 35.5 Å². The standard InChI is InChI=1S/C36H58NO3/c1-5-6-7-8-9-10-11-12-13-15-20-33-23-25-35(26-24-33)39-29-18-19-30-40-36(38)32(2)27-28-37(3,4)31-34-21-16-14-17-22-34/h14,16-17,21-26,32H,5-13,15,18-20,27-31H2,1-4H3/q+1. The second-order valence-electron chi connectivity index (χ2n) is 12.3. The molecule has 0 spiro atoms. The highest BCUT2D eigenvalue weighted by atomic mass is 16.5. The van der Waals surface area contributed by atoms with Crippen molar-refractivity contribution in [2.45, 2.75) is 110 Å². The van der Waals surface area contributed by atoms with Crippen molar-refractivity contribution >= 4 is 5.97 Å². The molecule has 0 radical (unpaired) electrons. The summed E-state index contributed by atoms with van der Waals surface area (Å²) in [6, 6.07) is 19.1. The summed E-state index contributed by atoms with van der Waals surface area (Å²) in [4.78, 5) is 12.4. The molecule has 0 aliphatic heterocycles. The highest BCUT2D eigenvalue weighted by Crippen LogP contribution is 2.17. The molecule has 2 rings (SSSR count). The second-order valence-corrected chi connectivity index (χ2v) is 12.3. The molecule has 0 N–H and O–H groups in total. The van der Waals surface area contributed by atoms with Crippen LogP contribution in [0.5, 0.6) is 5.75 Å². The summed E-state index contributed by atoms with van der Waals surface area (Å²) in [5, 5.41) is 0. The zero-order valence-corrected chi connectivity index (χ0v) is 26.2. The number of esters is 1. The van der Waals surface area contributed by atoms with Gasteiger partial charge in [0, 0.05) is 12.0 Å². The number of carbonyl (C=O) groups excluding carboxylic acids is 1. The van der Waals surface area contributed by atoms with Crippen LogP contribution in [0, 0.1) is 5.92 Å². The van der Waals surface area contributed by atoms with E-state index in [0.29, 0.717) is 13.2 Å². The summed E-state index contributed by atoms with van der Waals surface area (Å²) in [6.45, 7) is 7.28. The first-order valence-electron chi connectivity index (χ1n) is 16.1. The molecule has 0 bridgehead atoms. The lowest BCUT2D eigenvalue weighted by Crippen LogP contribution is -2.40. The molecule has 1 unspecified atom stereocenters. The Hall–Kier alpha value is -2.33. The van der Waals surface area contributed by atoms with Crippen molar-refractivity contribution in [3.05, 3.63) is 65.7 Å². The number of carbonyl (C=O) groups is 1. The van der Waals surface area contributed by atoms with E-state index in [9.17, 15) is 4.79 Å². The SMILES string of the molecule is CCCCCCCCCCCCc1ccc(OCCCCOC(=O)C(C)CC[N+](C)(C)Cc2ccccc2)cc1.